The SMILES string of the molecule is Cc1[nH]ncc1CCCNC(C)CCCO. The van der Waals surface area contributed by atoms with Crippen molar-refractivity contribution in [3.63, 3.8) is 0 Å². The number of aliphatic hydroxyl groups excluding tert-OH is 1. The molecule has 0 spiro atoms. The molecule has 0 aromatic carbocycles. The number of aliphatic hydroxyl groups is 1. The van der Waals surface area contributed by atoms with Crippen LogP contribution in [0.1, 0.15) is 37.4 Å². The van der Waals surface area contributed by atoms with Gasteiger partial charge in [-0.1, -0.05) is 0 Å². The summed E-state index contributed by atoms with van der Waals surface area (Å²) < 4.78 is 0. The maximum Gasteiger partial charge on any atom is 0.0522 e. The molecule has 0 aliphatic rings. The zero-order valence-corrected chi connectivity index (χ0v) is 10.3. The van der Waals surface area contributed by atoms with Gasteiger partial charge in [0.15, 0.2) is 0 Å². The molecule has 1 heterocycles. The Morgan fingerprint density at radius 3 is 2.94 bits per heavy atom. The molecule has 1 aromatic rings. The molecule has 0 radical (unpaired) electrons. The summed E-state index contributed by atoms with van der Waals surface area (Å²) in [4.78, 5) is 0. The van der Waals surface area contributed by atoms with Crippen molar-refractivity contribution in [1.82, 2.24) is 15.5 Å². The number of hydrogen-bond acceptors (Lipinski definition) is 3. The summed E-state index contributed by atoms with van der Waals surface area (Å²) in [5, 5.41) is 19.1. The second kappa shape index (κ2) is 7.41. The maximum atomic E-state index is 8.70. The number of nitrogens with zero attached hydrogens (tertiary/aromatic N) is 1. The number of H-pyrrole nitrogens is 1. The standard InChI is InChI=1S/C12H23N3O/c1-10(5-4-8-16)13-7-3-6-12-9-14-15-11(12)2/h9-10,13,16H,3-8H2,1-2H3,(H,14,15). The van der Waals surface area contributed by atoms with Gasteiger partial charge in [-0.15, -0.1) is 0 Å². The molecule has 0 bridgehead atoms. The van der Waals surface area contributed by atoms with Crippen LogP contribution in [0.5, 0.6) is 0 Å². The number of nitrogens with one attached hydrogen (secondary N) is 2. The van der Waals surface area contributed by atoms with E-state index < -0.39 is 0 Å². The van der Waals surface area contributed by atoms with E-state index in [1.54, 1.807) is 0 Å². The third kappa shape index (κ3) is 4.77. The number of aryl methyl sites for hydroxylation is 2. The molecule has 1 unspecified atom stereocenters. The predicted octanol–water partition coefficient (Wildman–Crippen LogP) is 1.40. The Kier molecular flexibility index (Phi) is 6.11. The summed E-state index contributed by atoms with van der Waals surface area (Å²) in [5.41, 5.74) is 2.48. The highest BCUT2D eigenvalue weighted by Crippen LogP contribution is 2.05. The van der Waals surface area contributed by atoms with Gasteiger partial charge in [0.2, 0.25) is 0 Å². The van der Waals surface area contributed by atoms with Crippen LogP contribution in [0.2, 0.25) is 0 Å². The van der Waals surface area contributed by atoms with Crippen molar-refractivity contribution in [2.75, 3.05) is 13.2 Å². The van der Waals surface area contributed by atoms with Crippen molar-refractivity contribution in [2.24, 2.45) is 0 Å². The van der Waals surface area contributed by atoms with Crippen molar-refractivity contribution < 1.29 is 5.11 Å². The van der Waals surface area contributed by atoms with Gasteiger partial charge in [0, 0.05) is 18.3 Å². The Morgan fingerprint density at radius 1 is 1.50 bits per heavy atom. The first-order valence-corrected chi connectivity index (χ1v) is 6.07. The molecule has 0 saturated carbocycles. The Labute approximate surface area is 97.5 Å². The van der Waals surface area contributed by atoms with E-state index >= 15 is 0 Å². The van der Waals surface area contributed by atoms with Crippen LogP contribution >= 0.6 is 0 Å². The fourth-order valence-electron chi connectivity index (χ4n) is 1.75. The summed E-state index contributed by atoms with van der Waals surface area (Å²) in [6.45, 7) is 5.54. The number of aromatic amines is 1. The molecule has 1 aromatic heterocycles. The zero-order valence-electron chi connectivity index (χ0n) is 10.3. The number of aromatic nitrogens is 2. The highest BCUT2D eigenvalue weighted by Gasteiger charge is 2.02. The first-order chi connectivity index (χ1) is 7.74. The fourth-order valence-corrected chi connectivity index (χ4v) is 1.75. The van der Waals surface area contributed by atoms with Gasteiger partial charge in [0.05, 0.1) is 6.20 Å². The predicted molar refractivity (Wildman–Crippen MR) is 65.4 cm³/mol. The van der Waals surface area contributed by atoms with Crippen LogP contribution in [0.15, 0.2) is 6.20 Å². The molecule has 4 heteroatoms. The molecule has 4 nitrogen and oxygen atoms in total. The molecule has 0 aliphatic heterocycles. The van der Waals surface area contributed by atoms with Gasteiger partial charge in [0.1, 0.15) is 0 Å². The van der Waals surface area contributed by atoms with Gasteiger partial charge in [-0.25, -0.2) is 0 Å². The van der Waals surface area contributed by atoms with Crippen molar-refractivity contribution in [1.29, 1.82) is 0 Å². The summed E-state index contributed by atoms with van der Waals surface area (Å²) >= 11 is 0. The number of rotatable bonds is 8. The molecular formula is C12H23N3O. The first kappa shape index (κ1) is 13.2. The second-order valence-electron chi connectivity index (χ2n) is 4.34. The lowest BCUT2D eigenvalue weighted by Gasteiger charge is -2.12. The topological polar surface area (TPSA) is 60.9 Å². The van der Waals surface area contributed by atoms with E-state index in [4.69, 9.17) is 5.11 Å². The van der Waals surface area contributed by atoms with Crippen molar-refractivity contribution in [3.05, 3.63) is 17.5 Å². The Morgan fingerprint density at radius 2 is 2.31 bits per heavy atom. The smallest absolute Gasteiger partial charge is 0.0522 e. The first-order valence-electron chi connectivity index (χ1n) is 6.07. The van der Waals surface area contributed by atoms with Crippen LogP contribution in [-0.2, 0) is 6.42 Å². The summed E-state index contributed by atoms with van der Waals surface area (Å²) in [6.07, 6.45) is 6.03. The van der Waals surface area contributed by atoms with Crippen LogP contribution in [0, 0.1) is 6.92 Å². The Bertz CT molecular complexity index is 286. The van der Waals surface area contributed by atoms with E-state index in [0.29, 0.717) is 12.6 Å². The fraction of sp³-hybridized carbons (Fsp3) is 0.750. The van der Waals surface area contributed by atoms with Crippen molar-refractivity contribution in [3.8, 4) is 0 Å². The lowest BCUT2D eigenvalue weighted by molar-refractivity contribution is 0.276. The van der Waals surface area contributed by atoms with E-state index in [1.165, 1.54) is 11.3 Å². The molecule has 0 saturated heterocycles. The highest BCUT2D eigenvalue weighted by atomic mass is 16.2. The molecule has 0 fully saturated rings. The van der Waals surface area contributed by atoms with Gasteiger partial charge in [-0.3, -0.25) is 5.10 Å². The van der Waals surface area contributed by atoms with E-state index in [0.717, 1.165) is 32.2 Å². The van der Waals surface area contributed by atoms with Crippen molar-refractivity contribution >= 4 is 0 Å². The van der Waals surface area contributed by atoms with Gasteiger partial charge in [-0.05, 0) is 51.6 Å². The van der Waals surface area contributed by atoms with Crippen LogP contribution in [0.25, 0.3) is 0 Å². The average Bonchev–Trinajstić information content (AvgIpc) is 2.67. The minimum atomic E-state index is 0.292. The minimum absolute atomic E-state index is 0.292. The largest absolute Gasteiger partial charge is 0.396 e. The van der Waals surface area contributed by atoms with Gasteiger partial charge >= 0.3 is 0 Å². The molecule has 3 N–H and O–H groups in total. The summed E-state index contributed by atoms with van der Waals surface area (Å²) in [6, 6.07) is 0.498. The van der Waals surface area contributed by atoms with Gasteiger partial charge in [-0.2, -0.15) is 5.10 Å². The minimum Gasteiger partial charge on any atom is -0.396 e. The molecule has 16 heavy (non-hydrogen) atoms. The summed E-state index contributed by atoms with van der Waals surface area (Å²) in [5.74, 6) is 0. The summed E-state index contributed by atoms with van der Waals surface area (Å²) in [7, 11) is 0. The molecule has 92 valence electrons. The van der Waals surface area contributed by atoms with Crippen LogP contribution in [0.3, 0.4) is 0 Å². The van der Waals surface area contributed by atoms with Crippen LogP contribution in [-0.4, -0.2) is 34.5 Å². The lowest BCUT2D eigenvalue weighted by atomic mass is 10.1. The zero-order chi connectivity index (χ0) is 11.8. The van der Waals surface area contributed by atoms with Crippen molar-refractivity contribution in [2.45, 2.75) is 45.6 Å². The van der Waals surface area contributed by atoms with E-state index in [1.807, 2.05) is 6.20 Å². The maximum absolute atomic E-state index is 8.70. The second-order valence-corrected chi connectivity index (χ2v) is 4.34. The molecule has 1 rings (SSSR count). The van der Waals surface area contributed by atoms with E-state index in [9.17, 15) is 0 Å². The third-order valence-corrected chi connectivity index (χ3v) is 2.85. The molecule has 1 atom stereocenters. The molecular weight excluding hydrogens is 202 g/mol. The normalized spacial score (nSPS) is 12.9. The average molecular weight is 225 g/mol. The van der Waals surface area contributed by atoms with E-state index in [2.05, 4.69) is 29.4 Å². The van der Waals surface area contributed by atoms with E-state index in [-0.39, 0.29) is 0 Å². The monoisotopic (exact) mass is 225 g/mol. The quantitative estimate of drug-likeness (QED) is 0.586. The number of hydrogen-bond donors (Lipinski definition) is 3. The third-order valence-electron chi connectivity index (χ3n) is 2.85. The van der Waals surface area contributed by atoms with Crippen LogP contribution < -0.4 is 5.32 Å². The molecule has 0 aliphatic carbocycles. The van der Waals surface area contributed by atoms with Crippen LogP contribution in [0.4, 0.5) is 0 Å². The molecule has 0 amide bonds. The highest BCUT2D eigenvalue weighted by molar-refractivity contribution is 5.14. The Balaban J connectivity index is 2.06. The Hall–Kier alpha value is -0.870. The lowest BCUT2D eigenvalue weighted by Crippen LogP contribution is -2.27. The van der Waals surface area contributed by atoms with Gasteiger partial charge < -0.3 is 10.4 Å². The van der Waals surface area contributed by atoms with Gasteiger partial charge in [0.25, 0.3) is 0 Å².